The van der Waals surface area contributed by atoms with Crippen molar-refractivity contribution >= 4 is 23.2 Å². The first-order valence-corrected chi connectivity index (χ1v) is 8.99. The molecule has 0 aliphatic carbocycles. The zero-order chi connectivity index (χ0) is 19.2. The van der Waals surface area contributed by atoms with Gasteiger partial charge in [0, 0.05) is 18.2 Å². The number of hydrogen-bond acceptors (Lipinski definition) is 7. The van der Waals surface area contributed by atoms with Crippen molar-refractivity contribution in [2.75, 3.05) is 16.9 Å². The van der Waals surface area contributed by atoms with Crippen LogP contribution in [0.4, 0.5) is 17.3 Å². The summed E-state index contributed by atoms with van der Waals surface area (Å²) in [6.45, 7) is 2.78. The molecule has 9 heteroatoms. The molecule has 0 radical (unpaired) electrons. The number of nitrogens with zero attached hydrogens (tertiary/aromatic N) is 4. The van der Waals surface area contributed by atoms with E-state index in [0.29, 0.717) is 12.1 Å². The van der Waals surface area contributed by atoms with Crippen LogP contribution in [0.3, 0.4) is 0 Å². The summed E-state index contributed by atoms with van der Waals surface area (Å²) in [7, 11) is 0. The van der Waals surface area contributed by atoms with E-state index < -0.39 is 10.8 Å². The largest absolute Gasteiger partial charge is 0.355 e. The highest BCUT2D eigenvalue weighted by molar-refractivity contribution is 5.95. The zero-order valence-electron chi connectivity index (χ0n) is 15.1. The number of amides is 1. The lowest BCUT2D eigenvalue weighted by Gasteiger charge is -2.35. The zero-order valence-corrected chi connectivity index (χ0v) is 15.1. The van der Waals surface area contributed by atoms with E-state index in [1.807, 2.05) is 4.90 Å². The summed E-state index contributed by atoms with van der Waals surface area (Å²) in [6.07, 6.45) is 5.21. The molecule has 2 heterocycles. The lowest BCUT2D eigenvalue weighted by atomic mass is 10.00. The van der Waals surface area contributed by atoms with Gasteiger partial charge in [0.15, 0.2) is 0 Å². The van der Waals surface area contributed by atoms with E-state index in [9.17, 15) is 14.9 Å². The van der Waals surface area contributed by atoms with Crippen LogP contribution in [0.5, 0.6) is 0 Å². The molecule has 0 bridgehead atoms. The van der Waals surface area contributed by atoms with Crippen LogP contribution in [0.2, 0.25) is 0 Å². The Morgan fingerprint density at radius 2 is 2.07 bits per heavy atom. The van der Waals surface area contributed by atoms with E-state index >= 15 is 0 Å². The summed E-state index contributed by atoms with van der Waals surface area (Å²) in [4.78, 5) is 33.6. The summed E-state index contributed by atoms with van der Waals surface area (Å²) in [6, 6.07) is 8.78. The van der Waals surface area contributed by atoms with Crippen molar-refractivity contribution in [3.8, 4) is 0 Å². The number of hydrogen-bond donors (Lipinski definition) is 2. The molecule has 2 aromatic rings. The monoisotopic (exact) mass is 370 g/mol. The minimum atomic E-state index is -0.506. The lowest BCUT2D eigenvalue weighted by Crippen LogP contribution is -2.40. The second-order valence-electron chi connectivity index (χ2n) is 6.35. The number of nitro groups is 1. The Bertz CT molecular complexity index is 814. The topological polar surface area (TPSA) is 113 Å². The molecule has 1 unspecified atom stereocenters. The van der Waals surface area contributed by atoms with Crippen LogP contribution >= 0.6 is 0 Å². The Morgan fingerprint density at radius 3 is 2.78 bits per heavy atom. The van der Waals surface area contributed by atoms with Gasteiger partial charge in [0.1, 0.15) is 6.33 Å². The Balaban J connectivity index is 1.85. The molecular weight excluding hydrogens is 348 g/mol. The molecule has 1 amide bonds. The van der Waals surface area contributed by atoms with Crippen molar-refractivity contribution in [3.05, 3.63) is 52.3 Å². The van der Waals surface area contributed by atoms with Gasteiger partial charge in [-0.25, -0.2) is 9.97 Å². The fourth-order valence-corrected chi connectivity index (χ4v) is 3.32. The second kappa shape index (κ2) is 8.43. The van der Waals surface area contributed by atoms with Crippen molar-refractivity contribution in [3.63, 3.8) is 0 Å². The molecule has 0 spiro atoms. The molecule has 9 nitrogen and oxygen atoms in total. The SMILES string of the molecule is CCC1CCCCN1c1ncnc(NNC(=O)c2ccccc2)c1[N+](=O)[O-]. The molecule has 27 heavy (non-hydrogen) atoms. The van der Waals surface area contributed by atoms with Crippen molar-refractivity contribution in [1.29, 1.82) is 0 Å². The number of anilines is 2. The standard InChI is InChI=1S/C18H22N6O3/c1-2-14-10-6-7-11-23(14)17-15(24(26)27)16(19-12-20-17)21-22-18(25)13-8-4-3-5-9-13/h3-5,8-9,12,14H,2,6-7,10-11H2,1H3,(H,22,25)(H,19,20,21). The predicted molar refractivity (Wildman–Crippen MR) is 101 cm³/mol. The van der Waals surface area contributed by atoms with Crippen LogP contribution in [-0.2, 0) is 0 Å². The Morgan fingerprint density at radius 1 is 1.30 bits per heavy atom. The maximum absolute atomic E-state index is 12.2. The van der Waals surface area contributed by atoms with Gasteiger partial charge in [0.05, 0.1) is 4.92 Å². The van der Waals surface area contributed by atoms with Crippen LogP contribution in [0.1, 0.15) is 43.0 Å². The van der Waals surface area contributed by atoms with Crippen molar-refractivity contribution in [1.82, 2.24) is 15.4 Å². The Labute approximate surface area is 156 Å². The molecule has 1 saturated heterocycles. The van der Waals surface area contributed by atoms with Gasteiger partial charge in [0.25, 0.3) is 5.91 Å². The van der Waals surface area contributed by atoms with E-state index in [1.165, 1.54) is 6.33 Å². The second-order valence-corrected chi connectivity index (χ2v) is 6.35. The van der Waals surface area contributed by atoms with Crippen molar-refractivity contribution in [2.45, 2.75) is 38.6 Å². The van der Waals surface area contributed by atoms with Gasteiger partial charge in [-0.05, 0) is 37.8 Å². The Kier molecular flexibility index (Phi) is 5.80. The van der Waals surface area contributed by atoms with Gasteiger partial charge >= 0.3 is 5.69 Å². The van der Waals surface area contributed by atoms with Gasteiger partial charge in [-0.2, -0.15) is 0 Å². The molecule has 1 atom stereocenters. The van der Waals surface area contributed by atoms with Crippen LogP contribution in [0, 0.1) is 10.1 Å². The minimum absolute atomic E-state index is 0.0327. The van der Waals surface area contributed by atoms with Gasteiger partial charge < -0.3 is 4.90 Å². The maximum Gasteiger partial charge on any atom is 0.355 e. The highest BCUT2D eigenvalue weighted by Crippen LogP contribution is 2.35. The van der Waals surface area contributed by atoms with E-state index in [2.05, 4.69) is 27.7 Å². The number of aromatic nitrogens is 2. The molecular formula is C18H22N6O3. The average Bonchev–Trinajstić information content (AvgIpc) is 2.72. The summed E-state index contributed by atoms with van der Waals surface area (Å²) in [5, 5.41) is 11.7. The minimum Gasteiger partial charge on any atom is -0.348 e. The molecule has 3 rings (SSSR count). The van der Waals surface area contributed by atoms with Gasteiger partial charge in [-0.15, -0.1) is 0 Å². The van der Waals surface area contributed by atoms with Gasteiger partial charge in [0.2, 0.25) is 11.6 Å². The number of hydrazine groups is 1. The van der Waals surface area contributed by atoms with Crippen LogP contribution in [0.25, 0.3) is 0 Å². The van der Waals surface area contributed by atoms with Gasteiger partial charge in [-0.1, -0.05) is 25.1 Å². The summed E-state index contributed by atoms with van der Waals surface area (Å²) >= 11 is 0. The molecule has 1 aromatic heterocycles. The van der Waals surface area contributed by atoms with Crippen molar-refractivity contribution < 1.29 is 9.72 Å². The average molecular weight is 370 g/mol. The first kappa shape index (κ1) is 18.6. The number of carbonyl (C=O) groups is 1. The molecule has 1 aliphatic rings. The highest BCUT2D eigenvalue weighted by atomic mass is 16.6. The normalized spacial score (nSPS) is 16.6. The molecule has 0 saturated carbocycles. The van der Waals surface area contributed by atoms with Crippen LogP contribution in [0.15, 0.2) is 36.7 Å². The number of nitrogens with one attached hydrogen (secondary N) is 2. The summed E-state index contributed by atoms with van der Waals surface area (Å²) in [5.41, 5.74) is 5.25. The quantitative estimate of drug-likeness (QED) is 0.593. The fraction of sp³-hybridized carbons (Fsp3) is 0.389. The van der Waals surface area contributed by atoms with E-state index in [0.717, 1.165) is 25.7 Å². The maximum atomic E-state index is 12.2. The molecule has 1 aliphatic heterocycles. The van der Waals surface area contributed by atoms with Gasteiger partial charge in [-0.3, -0.25) is 25.8 Å². The number of carbonyl (C=O) groups excluding carboxylic acids is 1. The van der Waals surface area contributed by atoms with Crippen LogP contribution in [-0.4, -0.2) is 33.4 Å². The molecule has 142 valence electrons. The summed E-state index contributed by atoms with van der Waals surface area (Å²) < 4.78 is 0. The van der Waals surface area contributed by atoms with Crippen LogP contribution < -0.4 is 15.8 Å². The Hall–Kier alpha value is -3.23. The fourth-order valence-electron chi connectivity index (χ4n) is 3.32. The smallest absolute Gasteiger partial charge is 0.348 e. The van der Waals surface area contributed by atoms with E-state index in [-0.39, 0.29) is 23.4 Å². The summed E-state index contributed by atoms with van der Waals surface area (Å²) in [5.74, 6) is -0.151. The van der Waals surface area contributed by atoms with Crippen molar-refractivity contribution in [2.24, 2.45) is 0 Å². The first-order chi connectivity index (χ1) is 13.1. The third-order valence-corrected chi connectivity index (χ3v) is 4.69. The predicted octanol–water partition coefficient (Wildman–Crippen LogP) is 2.91. The van der Waals surface area contributed by atoms with E-state index in [1.54, 1.807) is 30.3 Å². The number of benzene rings is 1. The molecule has 1 aromatic carbocycles. The molecule has 1 fully saturated rings. The third-order valence-electron chi connectivity index (χ3n) is 4.69. The number of rotatable bonds is 6. The third kappa shape index (κ3) is 4.13. The number of piperidine rings is 1. The highest BCUT2D eigenvalue weighted by Gasteiger charge is 2.31. The van der Waals surface area contributed by atoms with E-state index in [4.69, 9.17) is 0 Å². The lowest BCUT2D eigenvalue weighted by molar-refractivity contribution is -0.383. The first-order valence-electron chi connectivity index (χ1n) is 8.99. The molecule has 2 N–H and O–H groups in total.